The molecule has 0 aromatic heterocycles. The van der Waals surface area contributed by atoms with Gasteiger partial charge in [-0.15, -0.1) is 0 Å². The van der Waals surface area contributed by atoms with Gasteiger partial charge in [-0.3, -0.25) is 4.79 Å². The van der Waals surface area contributed by atoms with E-state index in [1.165, 1.54) is 11.1 Å². The summed E-state index contributed by atoms with van der Waals surface area (Å²) in [6.45, 7) is 0.662. The van der Waals surface area contributed by atoms with Gasteiger partial charge in [0.2, 0.25) is 0 Å². The van der Waals surface area contributed by atoms with Crippen molar-refractivity contribution in [2.75, 3.05) is 18.6 Å². The molecule has 1 aliphatic rings. The van der Waals surface area contributed by atoms with Crippen LogP contribution in [0.15, 0.2) is 60.7 Å². The first kappa shape index (κ1) is 22.1. The highest BCUT2D eigenvalue weighted by molar-refractivity contribution is 7.98. The first-order valence-corrected chi connectivity index (χ1v) is 12.3. The molecule has 0 spiro atoms. The molecule has 1 unspecified atom stereocenters. The lowest BCUT2D eigenvalue weighted by Crippen LogP contribution is -2.25. The van der Waals surface area contributed by atoms with Crippen molar-refractivity contribution < 1.29 is 9.53 Å². The van der Waals surface area contributed by atoms with Gasteiger partial charge < -0.3 is 10.1 Å². The summed E-state index contributed by atoms with van der Waals surface area (Å²) in [7, 11) is 0. The maximum atomic E-state index is 12.4. The van der Waals surface area contributed by atoms with Gasteiger partial charge in [0.1, 0.15) is 11.9 Å². The molecule has 0 bridgehead atoms. The number of aryl methyl sites for hydroxylation is 1. The normalized spacial score (nSPS) is 14.9. The molecule has 3 aromatic rings. The Morgan fingerprint density at radius 2 is 1.94 bits per heavy atom. The number of fused-ring (bicyclic) bond motifs is 1. The van der Waals surface area contributed by atoms with Gasteiger partial charge in [-0.2, -0.15) is 11.8 Å². The molecule has 0 radical (unpaired) electrons. The lowest BCUT2D eigenvalue weighted by molar-refractivity contribution is 0.0956. The molecular formula is C25H23Cl2NO2S. The van der Waals surface area contributed by atoms with Crippen LogP contribution in [0, 0.1) is 0 Å². The standard InChI is InChI=1S/C25H23Cl2NO2S/c1-31-12-11-28-25(29)19-4-2-3-17(13-19)18-6-5-16-7-9-23(21(16)14-18)30-24-10-8-20(26)15-22(24)27/h2-6,8,10,13-15,23H,7,9,11-12H2,1H3,(H,28,29). The number of thioether (sulfide) groups is 1. The largest absolute Gasteiger partial charge is 0.484 e. The number of amides is 1. The summed E-state index contributed by atoms with van der Waals surface area (Å²) in [5.74, 6) is 1.49. The molecule has 6 heteroatoms. The van der Waals surface area contributed by atoms with Crippen LogP contribution in [0.5, 0.6) is 5.75 Å². The van der Waals surface area contributed by atoms with E-state index in [1.807, 2.05) is 36.6 Å². The summed E-state index contributed by atoms with van der Waals surface area (Å²) in [4.78, 5) is 12.4. The van der Waals surface area contributed by atoms with E-state index in [1.54, 1.807) is 23.9 Å². The molecule has 0 saturated carbocycles. The number of halogens is 2. The topological polar surface area (TPSA) is 38.3 Å². The minimum atomic E-state index is -0.0633. The van der Waals surface area contributed by atoms with E-state index >= 15 is 0 Å². The zero-order chi connectivity index (χ0) is 21.8. The average Bonchev–Trinajstić information content (AvgIpc) is 3.18. The van der Waals surface area contributed by atoms with Crippen molar-refractivity contribution in [3.05, 3.63) is 87.4 Å². The molecule has 160 valence electrons. The fourth-order valence-corrected chi connectivity index (χ4v) is 4.56. The summed E-state index contributed by atoms with van der Waals surface area (Å²) in [5.41, 5.74) is 5.19. The summed E-state index contributed by atoms with van der Waals surface area (Å²) < 4.78 is 6.24. The maximum absolute atomic E-state index is 12.4. The highest BCUT2D eigenvalue weighted by Gasteiger charge is 2.25. The Hall–Kier alpha value is -2.14. The van der Waals surface area contributed by atoms with Crippen molar-refractivity contribution in [1.29, 1.82) is 0 Å². The third kappa shape index (κ3) is 5.20. The molecule has 3 nitrogen and oxygen atoms in total. The fourth-order valence-electron chi connectivity index (χ4n) is 3.80. The molecule has 31 heavy (non-hydrogen) atoms. The maximum Gasteiger partial charge on any atom is 0.251 e. The lowest BCUT2D eigenvalue weighted by Gasteiger charge is -2.17. The fraction of sp³-hybridized carbons (Fsp3) is 0.240. The van der Waals surface area contributed by atoms with E-state index in [9.17, 15) is 4.79 Å². The Bertz CT molecular complexity index is 1100. The van der Waals surface area contributed by atoms with Crippen LogP contribution in [0.4, 0.5) is 0 Å². The zero-order valence-electron chi connectivity index (χ0n) is 17.2. The monoisotopic (exact) mass is 471 g/mol. The Kier molecular flexibility index (Phi) is 7.11. The number of hydrogen-bond donors (Lipinski definition) is 1. The number of nitrogens with one attached hydrogen (secondary N) is 1. The smallest absolute Gasteiger partial charge is 0.251 e. The second-order valence-electron chi connectivity index (χ2n) is 7.46. The summed E-state index contributed by atoms with van der Waals surface area (Å²) >= 11 is 14.0. The third-order valence-corrected chi connectivity index (χ3v) is 6.52. The lowest BCUT2D eigenvalue weighted by atomic mass is 9.98. The van der Waals surface area contributed by atoms with Crippen LogP contribution in [0.25, 0.3) is 11.1 Å². The molecule has 3 aromatic carbocycles. The van der Waals surface area contributed by atoms with Gasteiger partial charge in [0.05, 0.1) is 5.02 Å². The van der Waals surface area contributed by atoms with Crippen LogP contribution in [0.3, 0.4) is 0 Å². The molecule has 0 aliphatic heterocycles. The van der Waals surface area contributed by atoms with Crippen molar-refractivity contribution in [2.24, 2.45) is 0 Å². The summed E-state index contributed by atoms with van der Waals surface area (Å²) in [5, 5.41) is 4.06. The van der Waals surface area contributed by atoms with E-state index in [0.717, 1.165) is 29.7 Å². The van der Waals surface area contributed by atoms with Crippen LogP contribution in [0.2, 0.25) is 10.0 Å². The average molecular weight is 472 g/mol. The van der Waals surface area contributed by atoms with Gasteiger partial charge in [-0.25, -0.2) is 0 Å². The van der Waals surface area contributed by atoms with Gasteiger partial charge >= 0.3 is 0 Å². The Balaban J connectivity index is 1.56. The van der Waals surface area contributed by atoms with Crippen molar-refractivity contribution in [2.45, 2.75) is 18.9 Å². The van der Waals surface area contributed by atoms with Crippen molar-refractivity contribution in [3.63, 3.8) is 0 Å². The minimum absolute atomic E-state index is 0.0457. The van der Waals surface area contributed by atoms with Gasteiger partial charge in [-0.1, -0.05) is 47.5 Å². The Labute approximate surface area is 197 Å². The van der Waals surface area contributed by atoms with Gasteiger partial charge in [0.25, 0.3) is 5.91 Å². The third-order valence-electron chi connectivity index (χ3n) is 5.38. The molecule has 0 saturated heterocycles. The van der Waals surface area contributed by atoms with Crippen LogP contribution in [0.1, 0.15) is 34.0 Å². The Morgan fingerprint density at radius 3 is 2.74 bits per heavy atom. The highest BCUT2D eigenvalue weighted by atomic mass is 35.5. The predicted octanol–water partition coefficient (Wildman–Crippen LogP) is 6.82. The van der Waals surface area contributed by atoms with Crippen LogP contribution < -0.4 is 10.1 Å². The van der Waals surface area contributed by atoms with Crippen molar-refractivity contribution in [1.82, 2.24) is 5.32 Å². The number of benzene rings is 3. The van der Waals surface area contributed by atoms with Crippen molar-refractivity contribution >= 4 is 40.9 Å². The second-order valence-corrected chi connectivity index (χ2v) is 9.29. The van der Waals surface area contributed by atoms with Crippen molar-refractivity contribution in [3.8, 4) is 16.9 Å². The van der Waals surface area contributed by atoms with E-state index in [4.69, 9.17) is 27.9 Å². The van der Waals surface area contributed by atoms with E-state index in [0.29, 0.717) is 27.9 Å². The molecule has 1 N–H and O–H groups in total. The van der Waals surface area contributed by atoms with Crippen LogP contribution in [-0.4, -0.2) is 24.5 Å². The number of rotatable bonds is 7. The first-order chi connectivity index (χ1) is 15.0. The molecule has 1 aliphatic carbocycles. The van der Waals surface area contributed by atoms with Crippen LogP contribution >= 0.6 is 35.0 Å². The van der Waals surface area contributed by atoms with Crippen LogP contribution in [-0.2, 0) is 6.42 Å². The van der Waals surface area contributed by atoms with E-state index < -0.39 is 0 Å². The second kappa shape index (κ2) is 9.99. The Morgan fingerprint density at radius 1 is 1.10 bits per heavy atom. The molecular weight excluding hydrogens is 449 g/mol. The number of hydrogen-bond acceptors (Lipinski definition) is 3. The summed E-state index contributed by atoms with van der Waals surface area (Å²) in [6, 6.07) is 19.5. The molecule has 4 rings (SSSR count). The molecule has 0 fully saturated rings. The van der Waals surface area contributed by atoms with Gasteiger partial charge in [0.15, 0.2) is 0 Å². The predicted molar refractivity (Wildman–Crippen MR) is 131 cm³/mol. The van der Waals surface area contributed by atoms with Gasteiger partial charge in [-0.05, 0) is 77.7 Å². The summed E-state index contributed by atoms with van der Waals surface area (Å²) in [6.07, 6.45) is 3.82. The number of ether oxygens (including phenoxy) is 1. The molecule has 0 heterocycles. The van der Waals surface area contributed by atoms with E-state index in [-0.39, 0.29) is 12.0 Å². The first-order valence-electron chi connectivity index (χ1n) is 10.2. The quantitative estimate of drug-likeness (QED) is 0.384. The molecule has 1 amide bonds. The molecule has 1 atom stereocenters. The minimum Gasteiger partial charge on any atom is -0.484 e. The highest BCUT2D eigenvalue weighted by Crippen LogP contribution is 2.39. The zero-order valence-corrected chi connectivity index (χ0v) is 19.5. The van der Waals surface area contributed by atoms with E-state index in [2.05, 4.69) is 23.5 Å². The SMILES string of the molecule is CSCCNC(=O)c1cccc(-c2ccc3c(c2)C(Oc2ccc(Cl)cc2Cl)CC3)c1. The number of carbonyl (C=O) groups excluding carboxylic acids is 1. The van der Waals surface area contributed by atoms with Gasteiger partial charge in [0, 0.05) is 22.9 Å². The number of carbonyl (C=O) groups is 1.